The van der Waals surface area contributed by atoms with Gasteiger partial charge in [-0.1, -0.05) is 46.3 Å². The van der Waals surface area contributed by atoms with Gasteiger partial charge in [0.15, 0.2) is 0 Å². The Morgan fingerprint density at radius 1 is 0.889 bits per heavy atom. The molecule has 0 heterocycles. The maximum Gasteiger partial charge on any atom is 0.417 e. The van der Waals surface area contributed by atoms with Crippen molar-refractivity contribution < 1.29 is 22.7 Å². The van der Waals surface area contributed by atoms with Crippen molar-refractivity contribution in [3.63, 3.8) is 0 Å². The average molecular weight is 436 g/mol. The molecule has 0 aromatic heterocycles. The molecule has 3 aromatic rings. The van der Waals surface area contributed by atoms with Crippen LogP contribution in [-0.2, 0) is 6.18 Å². The molecule has 0 aliphatic rings. The van der Waals surface area contributed by atoms with E-state index in [2.05, 4.69) is 21.2 Å². The highest BCUT2D eigenvalue weighted by atomic mass is 79.9. The molecule has 3 nitrogen and oxygen atoms in total. The Morgan fingerprint density at radius 2 is 1.48 bits per heavy atom. The van der Waals surface area contributed by atoms with Gasteiger partial charge in [-0.3, -0.25) is 5.32 Å². The molecule has 0 unspecified atom stereocenters. The third-order valence-electron chi connectivity index (χ3n) is 3.68. The van der Waals surface area contributed by atoms with Gasteiger partial charge in [0.25, 0.3) is 0 Å². The second kappa shape index (κ2) is 7.84. The Morgan fingerprint density at radius 3 is 2.07 bits per heavy atom. The van der Waals surface area contributed by atoms with Crippen LogP contribution in [-0.4, -0.2) is 6.09 Å². The standard InChI is InChI=1S/C20H13BrF3NO2/c21-16-8-4-13(5-9-16)14-6-10-18(11-7-14)27-19(26)25-17-3-1-2-15(12-17)20(22,23)24/h1-12H,(H,25,26). The molecule has 0 saturated carbocycles. The zero-order chi connectivity index (χ0) is 19.4. The van der Waals surface area contributed by atoms with Crippen LogP contribution in [0.25, 0.3) is 11.1 Å². The number of rotatable bonds is 3. The van der Waals surface area contributed by atoms with Crippen LogP contribution in [0.1, 0.15) is 5.56 Å². The molecule has 0 bridgehead atoms. The molecular formula is C20H13BrF3NO2. The number of benzene rings is 3. The molecule has 138 valence electrons. The Balaban J connectivity index is 1.65. The minimum absolute atomic E-state index is 0.00121. The predicted molar refractivity (Wildman–Crippen MR) is 101 cm³/mol. The van der Waals surface area contributed by atoms with Gasteiger partial charge in [0, 0.05) is 10.2 Å². The Kier molecular flexibility index (Phi) is 5.51. The molecule has 1 amide bonds. The molecule has 27 heavy (non-hydrogen) atoms. The molecule has 7 heteroatoms. The minimum atomic E-state index is -4.48. The van der Waals surface area contributed by atoms with Gasteiger partial charge in [0.1, 0.15) is 5.75 Å². The molecule has 0 spiro atoms. The first-order chi connectivity index (χ1) is 12.8. The number of nitrogens with one attached hydrogen (secondary N) is 1. The number of anilines is 1. The molecule has 0 aliphatic carbocycles. The summed E-state index contributed by atoms with van der Waals surface area (Å²) in [5, 5.41) is 2.29. The molecule has 1 N–H and O–H groups in total. The molecule has 3 rings (SSSR count). The van der Waals surface area contributed by atoms with Gasteiger partial charge in [0.05, 0.1) is 5.56 Å². The summed E-state index contributed by atoms with van der Waals surface area (Å²) in [6.45, 7) is 0. The van der Waals surface area contributed by atoms with Crippen molar-refractivity contribution in [2.24, 2.45) is 0 Å². The van der Waals surface area contributed by atoms with Crippen LogP contribution in [0.15, 0.2) is 77.3 Å². The van der Waals surface area contributed by atoms with E-state index in [0.29, 0.717) is 0 Å². The number of hydrogen-bond acceptors (Lipinski definition) is 2. The van der Waals surface area contributed by atoms with Crippen molar-refractivity contribution in [1.29, 1.82) is 0 Å². The van der Waals surface area contributed by atoms with E-state index in [0.717, 1.165) is 27.7 Å². The van der Waals surface area contributed by atoms with Gasteiger partial charge in [0.2, 0.25) is 0 Å². The van der Waals surface area contributed by atoms with Crippen LogP contribution in [0.4, 0.5) is 23.7 Å². The Bertz CT molecular complexity index is 939. The summed E-state index contributed by atoms with van der Waals surface area (Å²) >= 11 is 3.37. The number of carbonyl (C=O) groups excluding carboxylic acids is 1. The lowest BCUT2D eigenvalue weighted by molar-refractivity contribution is -0.137. The maximum atomic E-state index is 12.7. The summed E-state index contributed by atoms with van der Waals surface area (Å²) in [6.07, 6.45) is -5.35. The first kappa shape index (κ1) is 19.0. The Hall–Kier alpha value is -2.80. The largest absolute Gasteiger partial charge is 0.417 e. The zero-order valence-electron chi connectivity index (χ0n) is 13.8. The zero-order valence-corrected chi connectivity index (χ0v) is 15.3. The number of alkyl halides is 3. The highest BCUT2D eigenvalue weighted by Crippen LogP contribution is 2.30. The van der Waals surface area contributed by atoms with Crippen LogP contribution >= 0.6 is 15.9 Å². The fourth-order valence-electron chi connectivity index (χ4n) is 2.38. The summed E-state index contributed by atoms with van der Waals surface area (Å²) in [7, 11) is 0. The highest BCUT2D eigenvalue weighted by molar-refractivity contribution is 9.10. The summed E-state index contributed by atoms with van der Waals surface area (Å²) in [5.74, 6) is 0.278. The van der Waals surface area contributed by atoms with Crippen molar-refractivity contribution in [2.75, 3.05) is 5.32 Å². The SMILES string of the molecule is O=C(Nc1cccc(C(F)(F)F)c1)Oc1ccc(-c2ccc(Br)cc2)cc1. The molecule has 0 saturated heterocycles. The monoisotopic (exact) mass is 435 g/mol. The number of hydrogen-bond donors (Lipinski definition) is 1. The Labute approximate surface area is 161 Å². The minimum Gasteiger partial charge on any atom is -0.410 e. The predicted octanol–water partition coefficient (Wildman–Crippen LogP) is 6.75. The number of halogens is 4. The van der Waals surface area contributed by atoms with E-state index < -0.39 is 17.8 Å². The lowest BCUT2D eigenvalue weighted by Crippen LogP contribution is -2.17. The normalized spacial score (nSPS) is 11.1. The second-order valence-electron chi connectivity index (χ2n) is 5.62. The molecule has 0 aliphatic heterocycles. The summed E-state index contributed by atoms with van der Waals surface area (Å²) in [5.41, 5.74) is 1.09. The summed E-state index contributed by atoms with van der Waals surface area (Å²) < 4.78 is 44.2. The van der Waals surface area contributed by atoms with Crippen molar-refractivity contribution in [2.45, 2.75) is 6.18 Å². The smallest absolute Gasteiger partial charge is 0.410 e. The van der Waals surface area contributed by atoms with E-state index in [-0.39, 0.29) is 11.4 Å². The van der Waals surface area contributed by atoms with Gasteiger partial charge >= 0.3 is 12.3 Å². The van der Waals surface area contributed by atoms with Gasteiger partial charge in [-0.2, -0.15) is 13.2 Å². The van der Waals surface area contributed by atoms with Crippen molar-refractivity contribution in [3.8, 4) is 16.9 Å². The topological polar surface area (TPSA) is 38.3 Å². The van der Waals surface area contributed by atoms with E-state index in [1.54, 1.807) is 24.3 Å². The lowest BCUT2D eigenvalue weighted by Gasteiger charge is -2.10. The highest BCUT2D eigenvalue weighted by Gasteiger charge is 2.30. The number of ether oxygens (including phenoxy) is 1. The summed E-state index contributed by atoms with van der Waals surface area (Å²) in [6, 6.07) is 18.9. The number of carbonyl (C=O) groups is 1. The van der Waals surface area contributed by atoms with Crippen molar-refractivity contribution >= 4 is 27.7 Å². The fraction of sp³-hybridized carbons (Fsp3) is 0.0500. The van der Waals surface area contributed by atoms with Crippen LogP contribution in [0.3, 0.4) is 0 Å². The molecule has 0 radical (unpaired) electrons. The fourth-order valence-corrected chi connectivity index (χ4v) is 2.65. The molecular weight excluding hydrogens is 423 g/mol. The first-order valence-corrected chi connectivity index (χ1v) is 8.63. The van der Waals surface area contributed by atoms with Crippen LogP contribution in [0.2, 0.25) is 0 Å². The first-order valence-electron chi connectivity index (χ1n) is 7.83. The van der Waals surface area contributed by atoms with Gasteiger partial charge in [-0.25, -0.2) is 4.79 Å². The average Bonchev–Trinajstić information content (AvgIpc) is 2.62. The lowest BCUT2D eigenvalue weighted by atomic mass is 10.1. The van der Waals surface area contributed by atoms with Gasteiger partial charge in [-0.05, 0) is 53.6 Å². The van der Waals surface area contributed by atoms with Gasteiger partial charge < -0.3 is 4.74 Å². The maximum absolute atomic E-state index is 12.7. The second-order valence-corrected chi connectivity index (χ2v) is 6.54. The third kappa shape index (κ3) is 5.10. The van der Waals surface area contributed by atoms with Crippen LogP contribution < -0.4 is 10.1 Å². The molecule has 3 aromatic carbocycles. The number of amides is 1. The van der Waals surface area contributed by atoms with E-state index >= 15 is 0 Å². The van der Waals surface area contributed by atoms with Crippen molar-refractivity contribution in [3.05, 3.63) is 82.8 Å². The van der Waals surface area contributed by atoms with E-state index in [1.807, 2.05) is 24.3 Å². The third-order valence-corrected chi connectivity index (χ3v) is 4.21. The molecule has 0 atom stereocenters. The van der Waals surface area contributed by atoms with Crippen LogP contribution in [0, 0.1) is 0 Å². The van der Waals surface area contributed by atoms with E-state index in [1.165, 1.54) is 12.1 Å². The van der Waals surface area contributed by atoms with Gasteiger partial charge in [-0.15, -0.1) is 0 Å². The van der Waals surface area contributed by atoms with Crippen LogP contribution in [0.5, 0.6) is 5.75 Å². The van der Waals surface area contributed by atoms with E-state index in [4.69, 9.17) is 4.74 Å². The quantitative estimate of drug-likeness (QED) is 0.494. The van der Waals surface area contributed by atoms with E-state index in [9.17, 15) is 18.0 Å². The molecule has 0 fully saturated rings. The van der Waals surface area contributed by atoms with Crippen molar-refractivity contribution in [1.82, 2.24) is 0 Å². The summed E-state index contributed by atoms with van der Waals surface area (Å²) in [4.78, 5) is 11.9.